The van der Waals surface area contributed by atoms with E-state index in [0.717, 1.165) is 31.9 Å². The van der Waals surface area contributed by atoms with Gasteiger partial charge in [0.05, 0.1) is 19.8 Å². The zero-order chi connectivity index (χ0) is 16.0. The molecule has 1 N–H and O–H groups in total. The monoisotopic (exact) mass is 303 g/mol. The fraction of sp³-hybridized carbons (Fsp3) is 0.500. The zero-order valence-corrected chi connectivity index (χ0v) is 13.9. The normalized spacial score (nSPS) is 11.3. The summed E-state index contributed by atoms with van der Waals surface area (Å²) in [6.07, 6.45) is 4.08. The summed E-state index contributed by atoms with van der Waals surface area (Å²) >= 11 is 0. The quantitative estimate of drug-likeness (QED) is 0.312. The van der Waals surface area contributed by atoms with Gasteiger partial charge >= 0.3 is 0 Å². The lowest BCUT2D eigenvalue weighted by molar-refractivity contribution is 0.128. The van der Waals surface area contributed by atoms with E-state index in [0.29, 0.717) is 19.8 Å². The number of aliphatic imine (C=N–C) groups is 1. The highest BCUT2D eigenvalue weighted by Gasteiger charge is 2.04. The Hall–Kier alpha value is -1.81. The van der Waals surface area contributed by atoms with Crippen LogP contribution in [0.5, 0.6) is 0 Å². The molecule has 0 saturated carbocycles. The molecule has 0 radical (unpaired) electrons. The fourth-order valence-corrected chi connectivity index (χ4v) is 2.03. The van der Waals surface area contributed by atoms with Crippen molar-refractivity contribution >= 4 is 5.96 Å². The van der Waals surface area contributed by atoms with E-state index in [1.807, 2.05) is 24.3 Å². The zero-order valence-electron chi connectivity index (χ0n) is 13.9. The number of hydrogen-bond acceptors (Lipinski definition) is 2. The first-order chi connectivity index (χ1) is 10.8. The van der Waals surface area contributed by atoms with Crippen LogP contribution in [0.15, 0.2) is 48.0 Å². The molecule has 0 aliphatic carbocycles. The van der Waals surface area contributed by atoms with E-state index in [2.05, 4.69) is 47.9 Å². The number of unbranched alkanes of at least 4 members (excludes halogenated alkanes) is 1. The van der Waals surface area contributed by atoms with Gasteiger partial charge in [-0.25, -0.2) is 0 Å². The number of allylic oxidation sites excluding steroid dienone is 1. The lowest BCUT2D eigenvalue weighted by atomic mass is 10.2. The SMILES string of the molecule is C=CCCCN(C)C(=NCCOCc1ccccc1)NCC. The van der Waals surface area contributed by atoms with Crippen LogP contribution >= 0.6 is 0 Å². The van der Waals surface area contributed by atoms with Crippen molar-refractivity contribution in [2.75, 3.05) is 33.3 Å². The van der Waals surface area contributed by atoms with Gasteiger partial charge < -0.3 is 15.0 Å². The summed E-state index contributed by atoms with van der Waals surface area (Å²) in [5.74, 6) is 0.940. The van der Waals surface area contributed by atoms with Gasteiger partial charge in [0.2, 0.25) is 0 Å². The van der Waals surface area contributed by atoms with Crippen LogP contribution in [-0.2, 0) is 11.3 Å². The minimum Gasteiger partial charge on any atom is -0.375 e. The van der Waals surface area contributed by atoms with Crippen LogP contribution in [0.25, 0.3) is 0 Å². The minimum atomic E-state index is 0.629. The van der Waals surface area contributed by atoms with Crippen molar-refractivity contribution in [2.24, 2.45) is 4.99 Å². The lowest BCUT2D eigenvalue weighted by Gasteiger charge is -2.21. The molecule has 4 heteroatoms. The summed E-state index contributed by atoms with van der Waals surface area (Å²) in [6.45, 7) is 9.62. The first kappa shape index (κ1) is 18.2. The number of nitrogens with one attached hydrogen (secondary N) is 1. The predicted octanol–water partition coefficient (Wildman–Crippen LogP) is 3.07. The number of rotatable bonds is 10. The van der Waals surface area contributed by atoms with E-state index in [1.165, 1.54) is 5.56 Å². The fourth-order valence-electron chi connectivity index (χ4n) is 2.03. The van der Waals surface area contributed by atoms with Crippen molar-refractivity contribution in [1.82, 2.24) is 10.2 Å². The third kappa shape index (κ3) is 7.84. The Bertz CT molecular complexity index is 431. The van der Waals surface area contributed by atoms with E-state index in [9.17, 15) is 0 Å². The summed E-state index contributed by atoms with van der Waals surface area (Å²) in [4.78, 5) is 6.76. The second-order valence-corrected chi connectivity index (χ2v) is 5.13. The van der Waals surface area contributed by atoms with Gasteiger partial charge in [0, 0.05) is 20.1 Å². The van der Waals surface area contributed by atoms with Crippen LogP contribution in [0.4, 0.5) is 0 Å². The van der Waals surface area contributed by atoms with Crippen LogP contribution in [0, 0.1) is 0 Å². The first-order valence-electron chi connectivity index (χ1n) is 8.00. The highest BCUT2D eigenvalue weighted by atomic mass is 16.5. The van der Waals surface area contributed by atoms with Gasteiger partial charge in [-0.3, -0.25) is 4.99 Å². The van der Waals surface area contributed by atoms with Crippen LogP contribution in [0.3, 0.4) is 0 Å². The Balaban J connectivity index is 2.30. The van der Waals surface area contributed by atoms with E-state index < -0.39 is 0 Å². The smallest absolute Gasteiger partial charge is 0.193 e. The molecule has 0 aliphatic heterocycles. The largest absolute Gasteiger partial charge is 0.375 e. The topological polar surface area (TPSA) is 36.9 Å². The molecule has 0 amide bonds. The van der Waals surface area contributed by atoms with E-state index in [4.69, 9.17) is 4.74 Å². The number of benzene rings is 1. The molecule has 4 nitrogen and oxygen atoms in total. The maximum absolute atomic E-state index is 5.66. The van der Waals surface area contributed by atoms with Gasteiger partial charge in [0.1, 0.15) is 0 Å². The molecule has 0 spiro atoms. The van der Waals surface area contributed by atoms with Crippen LogP contribution < -0.4 is 5.32 Å². The molecule has 0 aromatic heterocycles. The van der Waals surface area contributed by atoms with Crippen molar-refractivity contribution in [3.8, 4) is 0 Å². The van der Waals surface area contributed by atoms with Gasteiger partial charge in [-0.05, 0) is 25.3 Å². The van der Waals surface area contributed by atoms with Gasteiger partial charge in [-0.15, -0.1) is 6.58 Å². The van der Waals surface area contributed by atoms with Crippen LogP contribution in [0.2, 0.25) is 0 Å². The van der Waals surface area contributed by atoms with E-state index in [-0.39, 0.29) is 0 Å². The molecule has 0 fully saturated rings. The Morgan fingerprint density at radius 3 is 2.82 bits per heavy atom. The summed E-state index contributed by atoms with van der Waals surface area (Å²) in [7, 11) is 2.06. The average molecular weight is 303 g/mol. The van der Waals surface area contributed by atoms with Gasteiger partial charge in [0.15, 0.2) is 5.96 Å². The minimum absolute atomic E-state index is 0.629. The molecule has 0 heterocycles. The molecular formula is C18H29N3O. The number of hydrogen-bond donors (Lipinski definition) is 1. The molecule has 0 bridgehead atoms. The number of nitrogens with zero attached hydrogens (tertiary/aromatic N) is 2. The highest BCUT2D eigenvalue weighted by Crippen LogP contribution is 2.00. The van der Waals surface area contributed by atoms with Crippen LogP contribution in [-0.4, -0.2) is 44.1 Å². The van der Waals surface area contributed by atoms with Crippen molar-refractivity contribution < 1.29 is 4.74 Å². The summed E-state index contributed by atoms with van der Waals surface area (Å²) in [5.41, 5.74) is 1.19. The molecule has 1 rings (SSSR count). The number of ether oxygens (including phenoxy) is 1. The third-order valence-electron chi connectivity index (χ3n) is 3.21. The molecule has 1 aromatic carbocycles. The molecule has 0 unspecified atom stereocenters. The maximum Gasteiger partial charge on any atom is 0.193 e. The molecular weight excluding hydrogens is 274 g/mol. The van der Waals surface area contributed by atoms with Crippen molar-refractivity contribution in [1.29, 1.82) is 0 Å². The molecule has 1 aromatic rings. The Morgan fingerprint density at radius 2 is 2.14 bits per heavy atom. The van der Waals surface area contributed by atoms with Crippen molar-refractivity contribution in [3.63, 3.8) is 0 Å². The highest BCUT2D eigenvalue weighted by molar-refractivity contribution is 5.79. The Morgan fingerprint density at radius 1 is 1.36 bits per heavy atom. The van der Waals surface area contributed by atoms with Gasteiger partial charge in [-0.1, -0.05) is 36.4 Å². The van der Waals surface area contributed by atoms with Gasteiger partial charge in [-0.2, -0.15) is 0 Å². The van der Waals surface area contributed by atoms with Gasteiger partial charge in [0.25, 0.3) is 0 Å². The second kappa shape index (κ2) is 11.8. The Kier molecular flexibility index (Phi) is 9.79. The molecule has 0 atom stereocenters. The van der Waals surface area contributed by atoms with Crippen molar-refractivity contribution in [3.05, 3.63) is 48.6 Å². The summed E-state index contributed by atoms with van der Waals surface area (Å²) in [5, 5.41) is 3.31. The predicted molar refractivity (Wildman–Crippen MR) is 94.1 cm³/mol. The molecule has 22 heavy (non-hydrogen) atoms. The average Bonchev–Trinajstić information content (AvgIpc) is 2.54. The first-order valence-corrected chi connectivity index (χ1v) is 8.00. The second-order valence-electron chi connectivity index (χ2n) is 5.13. The number of guanidine groups is 1. The molecule has 0 saturated heterocycles. The molecule has 0 aliphatic rings. The maximum atomic E-state index is 5.66. The molecule has 122 valence electrons. The van der Waals surface area contributed by atoms with E-state index >= 15 is 0 Å². The van der Waals surface area contributed by atoms with E-state index in [1.54, 1.807) is 0 Å². The standard InChI is InChI=1S/C18H29N3O/c1-4-6-10-14-21(3)18(19-5-2)20-13-15-22-16-17-11-8-7-9-12-17/h4,7-9,11-12H,1,5-6,10,13-16H2,2-3H3,(H,19,20). The summed E-state index contributed by atoms with van der Waals surface area (Å²) < 4.78 is 5.66. The van der Waals surface area contributed by atoms with Crippen LogP contribution in [0.1, 0.15) is 25.3 Å². The Labute approximate surface area is 134 Å². The third-order valence-corrected chi connectivity index (χ3v) is 3.21. The van der Waals surface area contributed by atoms with Crippen molar-refractivity contribution in [2.45, 2.75) is 26.4 Å². The summed E-state index contributed by atoms with van der Waals surface area (Å²) in [6, 6.07) is 10.2. The lowest BCUT2D eigenvalue weighted by Crippen LogP contribution is -2.39.